The average molecular weight is 421 g/mol. The molecule has 0 radical (unpaired) electrons. The molecule has 2 aromatic heterocycles. The van der Waals surface area contributed by atoms with Crippen LogP contribution in [0.3, 0.4) is 0 Å². The van der Waals surface area contributed by atoms with Gasteiger partial charge in [-0.05, 0) is 30.3 Å². The summed E-state index contributed by atoms with van der Waals surface area (Å²) in [6.45, 7) is 0. The van der Waals surface area contributed by atoms with Gasteiger partial charge in [-0.25, -0.2) is 4.98 Å². The van der Waals surface area contributed by atoms with Gasteiger partial charge in [-0.15, -0.1) is 11.3 Å². The third-order valence-electron chi connectivity index (χ3n) is 4.52. The van der Waals surface area contributed by atoms with Crippen LogP contribution in [0.5, 0.6) is 17.2 Å². The maximum atomic E-state index is 13.0. The fourth-order valence-electron chi connectivity index (χ4n) is 3.08. The van der Waals surface area contributed by atoms with E-state index in [2.05, 4.69) is 15.3 Å². The second-order valence-corrected chi connectivity index (χ2v) is 7.31. The quantitative estimate of drug-likeness (QED) is 0.489. The van der Waals surface area contributed by atoms with E-state index >= 15 is 0 Å². The minimum absolute atomic E-state index is 0.301. The number of nitrogens with one attached hydrogen (secondary N) is 1. The van der Waals surface area contributed by atoms with Gasteiger partial charge in [0.2, 0.25) is 5.75 Å². The molecule has 1 amide bonds. The van der Waals surface area contributed by atoms with E-state index in [1.807, 2.05) is 30.3 Å². The van der Waals surface area contributed by atoms with Crippen LogP contribution in [0.25, 0.3) is 20.8 Å². The molecule has 2 aromatic carbocycles. The molecule has 0 bridgehead atoms. The lowest BCUT2D eigenvalue weighted by Gasteiger charge is -2.14. The summed E-state index contributed by atoms with van der Waals surface area (Å²) in [5.41, 5.74) is 2.74. The van der Waals surface area contributed by atoms with Crippen molar-refractivity contribution in [1.82, 2.24) is 9.97 Å². The number of carbonyl (C=O) groups is 1. The van der Waals surface area contributed by atoms with Gasteiger partial charge < -0.3 is 19.5 Å². The highest BCUT2D eigenvalue weighted by Gasteiger charge is 2.18. The van der Waals surface area contributed by atoms with E-state index in [4.69, 9.17) is 14.2 Å². The highest BCUT2D eigenvalue weighted by molar-refractivity contribution is 7.21. The molecule has 0 saturated carbocycles. The topological polar surface area (TPSA) is 82.6 Å². The lowest BCUT2D eigenvalue weighted by Crippen LogP contribution is -2.13. The Hall–Kier alpha value is -3.65. The molecular formula is C22H19N3O4S. The molecule has 0 aliphatic rings. The largest absolute Gasteiger partial charge is 0.493 e. The summed E-state index contributed by atoms with van der Waals surface area (Å²) in [7, 11) is 4.54. The molecule has 8 heteroatoms. The van der Waals surface area contributed by atoms with Gasteiger partial charge in [0.05, 0.1) is 37.2 Å². The third-order valence-corrected chi connectivity index (χ3v) is 5.56. The summed E-state index contributed by atoms with van der Waals surface area (Å²) in [4.78, 5) is 21.8. The van der Waals surface area contributed by atoms with Gasteiger partial charge in [0, 0.05) is 23.5 Å². The van der Waals surface area contributed by atoms with Gasteiger partial charge in [-0.3, -0.25) is 9.78 Å². The van der Waals surface area contributed by atoms with Crippen molar-refractivity contribution in [3.05, 3.63) is 60.4 Å². The molecular weight excluding hydrogens is 402 g/mol. The first-order valence-electron chi connectivity index (χ1n) is 9.06. The minimum Gasteiger partial charge on any atom is -0.493 e. The fourth-order valence-corrected chi connectivity index (χ4v) is 4.05. The number of ether oxygens (including phenoxy) is 3. The third kappa shape index (κ3) is 3.65. The Balaban J connectivity index is 1.69. The molecule has 0 aliphatic carbocycles. The number of carbonyl (C=O) groups excluding carboxylic acids is 1. The summed E-state index contributed by atoms with van der Waals surface area (Å²) in [5, 5.41) is 3.77. The Morgan fingerprint density at radius 1 is 1.00 bits per heavy atom. The predicted molar refractivity (Wildman–Crippen MR) is 117 cm³/mol. The molecule has 0 fully saturated rings. The molecule has 0 atom stereocenters. The van der Waals surface area contributed by atoms with E-state index in [1.54, 1.807) is 24.5 Å². The van der Waals surface area contributed by atoms with Crippen LogP contribution >= 0.6 is 11.3 Å². The van der Waals surface area contributed by atoms with Crippen molar-refractivity contribution in [3.8, 4) is 27.8 Å². The van der Waals surface area contributed by atoms with E-state index in [9.17, 15) is 4.79 Å². The van der Waals surface area contributed by atoms with Crippen molar-refractivity contribution in [3.63, 3.8) is 0 Å². The van der Waals surface area contributed by atoms with Gasteiger partial charge in [0.15, 0.2) is 11.5 Å². The first-order chi connectivity index (χ1) is 14.6. The maximum absolute atomic E-state index is 13.0. The number of hydrogen-bond donors (Lipinski definition) is 1. The average Bonchev–Trinajstić information content (AvgIpc) is 3.22. The van der Waals surface area contributed by atoms with E-state index in [0.29, 0.717) is 28.5 Å². The number of benzene rings is 2. The van der Waals surface area contributed by atoms with Crippen LogP contribution < -0.4 is 19.5 Å². The Bertz CT molecular complexity index is 1160. The number of amides is 1. The van der Waals surface area contributed by atoms with Gasteiger partial charge in [0.25, 0.3) is 5.91 Å². The standard InChI is InChI=1S/C22H19N3O4S/c1-27-17-10-13(11-18(28-2)20(17)29-3)21(26)24-15-7-5-4-6-14(15)22-25-16-8-9-23-12-19(16)30-22/h4-12H,1-3H3,(H,24,26). The number of rotatable bonds is 6. The molecule has 0 unspecified atom stereocenters. The van der Waals surface area contributed by atoms with Crippen molar-refractivity contribution in [1.29, 1.82) is 0 Å². The smallest absolute Gasteiger partial charge is 0.255 e. The van der Waals surface area contributed by atoms with Gasteiger partial charge in [-0.2, -0.15) is 0 Å². The molecule has 0 saturated heterocycles. The zero-order valence-electron chi connectivity index (χ0n) is 16.6. The summed E-state index contributed by atoms with van der Waals surface area (Å²) in [6, 6.07) is 12.6. The summed E-state index contributed by atoms with van der Waals surface area (Å²) in [6.07, 6.45) is 3.50. The minimum atomic E-state index is -0.301. The van der Waals surface area contributed by atoms with E-state index in [-0.39, 0.29) is 5.91 Å². The zero-order chi connectivity index (χ0) is 21.1. The molecule has 0 aliphatic heterocycles. The molecule has 0 spiro atoms. The van der Waals surface area contributed by atoms with Crippen molar-refractivity contribution in [2.45, 2.75) is 0 Å². The van der Waals surface area contributed by atoms with Crippen molar-refractivity contribution >= 4 is 33.1 Å². The van der Waals surface area contributed by atoms with Crippen LogP contribution in [0.4, 0.5) is 5.69 Å². The molecule has 4 rings (SSSR count). The zero-order valence-corrected chi connectivity index (χ0v) is 17.4. The van der Waals surface area contributed by atoms with Crippen LogP contribution in [0.15, 0.2) is 54.9 Å². The van der Waals surface area contributed by atoms with E-state index in [0.717, 1.165) is 20.8 Å². The number of nitrogens with zero attached hydrogens (tertiary/aromatic N) is 2. The Labute approximate surface area is 177 Å². The number of thiazole rings is 1. The van der Waals surface area contributed by atoms with E-state index < -0.39 is 0 Å². The lowest BCUT2D eigenvalue weighted by molar-refractivity contribution is 0.102. The summed E-state index contributed by atoms with van der Waals surface area (Å²) < 4.78 is 17.0. The van der Waals surface area contributed by atoms with E-state index in [1.165, 1.54) is 32.7 Å². The molecule has 30 heavy (non-hydrogen) atoms. The molecule has 152 valence electrons. The number of methoxy groups -OCH3 is 3. The Morgan fingerprint density at radius 2 is 1.73 bits per heavy atom. The maximum Gasteiger partial charge on any atom is 0.255 e. The van der Waals surface area contributed by atoms with Crippen molar-refractivity contribution < 1.29 is 19.0 Å². The van der Waals surface area contributed by atoms with Crippen LogP contribution in [0.2, 0.25) is 0 Å². The Kier molecular flexibility index (Phi) is 5.49. The molecule has 7 nitrogen and oxygen atoms in total. The number of pyridine rings is 1. The number of anilines is 1. The highest BCUT2D eigenvalue weighted by Crippen LogP contribution is 2.39. The summed E-state index contributed by atoms with van der Waals surface area (Å²) >= 11 is 1.52. The van der Waals surface area contributed by atoms with Gasteiger partial charge in [0.1, 0.15) is 5.01 Å². The predicted octanol–water partition coefficient (Wildman–Crippen LogP) is 4.64. The van der Waals surface area contributed by atoms with Crippen LogP contribution in [0.1, 0.15) is 10.4 Å². The van der Waals surface area contributed by atoms with Crippen LogP contribution in [-0.2, 0) is 0 Å². The molecule has 4 aromatic rings. The van der Waals surface area contributed by atoms with Gasteiger partial charge >= 0.3 is 0 Å². The SMILES string of the molecule is COc1cc(C(=O)Nc2ccccc2-c2nc3ccncc3s2)cc(OC)c1OC. The number of hydrogen-bond acceptors (Lipinski definition) is 7. The normalized spacial score (nSPS) is 10.6. The van der Waals surface area contributed by atoms with Crippen LogP contribution in [-0.4, -0.2) is 37.2 Å². The lowest BCUT2D eigenvalue weighted by atomic mass is 10.1. The number of aromatic nitrogens is 2. The first-order valence-corrected chi connectivity index (χ1v) is 9.87. The second-order valence-electron chi connectivity index (χ2n) is 6.28. The second kappa shape index (κ2) is 8.38. The highest BCUT2D eigenvalue weighted by atomic mass is 32.1. The molecule has 2 heterocycles. The number of fused-ring (bicyclic) bond motifs is 1. The summed E-state index contributed by atoms with van der Waals surface area (Å²) in [5.74, 6) is 0.951. The fraction of sp³-hybridized carbons (Fsp3) is 0.136. The Morgan fingerprint density at radius 3 is 2.40 bits per heavy atom. The van der Waals surface area contributed by atoms with Crippen molar-refractivity contribution in [2.75, 3.05) is 26.6 Å². The monoisotopic (exact) mass is 421 g/mol. The molecule has 1 N–H and O–H groups in total. The first kappa shape index (κ1) is 19.7. The van der Waals surface area contributed by atoms with Gasteiger partial charge in [-0.1, -0.05) is 12.1 Å². The van der Waals surface area contributed by atoms with Crippen LogP contribution in [0, 0.1) is 0 Å². The number of para-hydroxylation sites is 1. The van der Waals surface area contributed by atoms with Crippen molar-refractivity contribution in [2.24, 2.45) is 0 Å².